The van der Waals surface area contributed by atoms with Crippen LogP contribution in [0.2, 0.25) is 0 Å². The molecule has 2 heterocycles. The largest absolute Gasteiger partial charge is 0.380 e. The van der Waals surface area contributed by atoms with Crippen LogP contribution in [0.5, 0.6) is 0 Å². The molecule has 1 aromatic heterocycles. The third-order valence-corrected chi connectivity index (χ3v) is 6.65. The molecule has 172 valence electrons. The molecule has 1 aliphatic heterocycles. The fourth-order valence-electron chi connectivity index (χ4n) is 4.48. The summed E-state index contributed by atoms with van der Waals surface area (Å²) in [6.45, 7) is 2.34. The average molecular weight is 449 g/mol. The van der Waals surface area contributed by atoms with Crippen molar-refractivity contribution in [2.45, 2.75) is 25.0 Å². The molecule has 0 atom stereocenters. The number of hydrogen-bond donors (Lipinski definition) is 1. The SMILES string of the molecule is COCc1nn(C)c2cc(-c3ccc(C(=O)N4CCN(C(=O)C5(O)CC5)CC4)cc3)ccc12. The highest BCUT2D eigenvalue weighted by molar-refractivity contribution is 5.95. The summed E-state index contributed by atoms with van der Waals surface area (Å²) < 4.78 is 7.10. The van der Waals surface area contributed by atoms with E-state index in [9.17, 15) is 14.7 Å². The van der Waals surface area contributed by atoms with E-state index in [1.165, 1.54) is 0 Å². The van der Waals surface area contributed by atoms with Crippen LogP contribution in [0.3, 0.4) is 0 Å². The molecule has 8 nitrogen and oxygen atoms in total. The van der Waals surface area contributed by atoms with Gasteiger partial charge >= 0.3 is 0 Å². The Morgan fingerprint density at radius 3 is 2.27 bits per heavy atom. The molecule has 0 bridgehead atoms. The highest BCUT2D eigenvalue weighted by Crippen LogP contribution is 2.37. The van der Waals surface area contributed by atoms with E-state index in [1.807, 2.05) is 36.0 Å². The van der Waals surface area contributed by atoms with E-state index in [0.29, 0.717) is 51.2 Å². The normalized spacial score (nSPS) is 17.4. The lowest BCUT2D eigenvalue weighted by Gasteiger charge is -2.35. The summed E-state index contributed by atoms with van der Waals surface area (Å²) in [5.41, 5.74) is 3.50. The molecule has 0 unspecified atom stereocenters. The highest BCUT2D eigenvalue weighted by Gasteiger charge is 2.50. The van der Waals surface area contributed by atoms with Crippen LogP contribution in [-0.2, 0) is 23.2 Å². The van der Waals surface area contributed by atoms with Crippen LogP contribution in [-0.4, -0.2) is 75.4 Å². The zero-order chi connectivity index (χ0) is 23.2. The fraction of sp³-hybridized carbons (Fsp3) is 0.400. The third kappa shape index (κ3) is 4.00. The number of rotatable bonds is 5. The summed E-state index contributed by atoms with van der Waals surface area (Å²) in [5, 5.41) is 15.6. The Balaban J connectivity index is 1.27. The van der Waals surface area contributed by atoms with E-state index < -0.39 is 5.60 Å². The molecule has 2 amide bonds. The number of methoxy groups -OCH3 is 1. The Hall–Kier alpha value is -3.23. The van der Waals surface area contributed by atoms with E-state index in [4.69, 9.17) is 4.74 Å². The van der Waals surface area contributed by atoms with Gasteiger partial charge in [-0.05, 0) is 42.2 Å². The van der Waals surface area contributed by atoms with Gasteiger partial charge in [-0.3, -0.25) is 14.3 Å². The molecule has 3 aromatic rings. The molecule has 2 fully saturated rings. The third-order valence-electron chi connectivity index (χ3n) is 6.65. The predicted octanol–water partition coefficient (Wildman–Crippen LogP) is 2.20. The van der Waals surface area contributed by atoms with Crippen LogP contribution in [0.25, 0.3) is 22.0 Å². The highest BCUT2D eigenvalue weighted by atomic mass is 16.5. The summed E-state index contributed by atoms with van der Waals surface area (Å²) >= 11 is 0. The molecule has 2 aliphatic rings. The van der Waals surface area contributed by atoms with Crippen molar-refractivity contribution in [3.63, 3.8) is 0 Å². The zero-order valence-electron chi connectivity index (χ0n) is 19.0. The lowest BCUT2D eigenvalue weighted by Crippen LogP contribution is -2.53. The lowest BCUT2D eigenvalue weighted by atomic mass is 10.0. The van der Waals surface area contributed by atoms with Gasteiger partial charge in [0.25, 0.3) is 11.8 Å². The van der Waals surface area contributed by atoms with Gasteiger partial charge in [0.1, 0.15) is 5.60 Å². The Kier molecular flexibility index (Phi) is 5.42. The van der Waals surface area contributed by atoms with Gasteiger partial charge in [0, 0.05) is 51.3 Å². The number of hydrogen-bond acceptors (Lipinski definition) is 5. The van der Waals surface area contributed by atoms with Gasteiger partial charge in [0.05, 0.1) is 17.8 Å². The van der Waals surface area contributed by atoms with Gasteiger partial charge in [-0.25, -0.2) is 0 Å². The molecule has 8 heteroatoms. The number of nitrogens with zero attached hydrogens (tertiary/aromatic N) is 4. The number of aromatic nitrogens is 2. The molecule has 1 aliphatic carbocycles. The molecule has 1 saturated heterocycles. The minimum Gasteiger partial charge on any atom is -0.380 e. The number of aliphatic hydroxyl groups is 1. The summed E-state index contributed by atoms with van der Waals surface area (Å²) in [4.78, 5) is 28.7. The van der Waals surface area contributed by atoms with E-state index in [-0.39, 0.29) is 11.8 Å². The first-order valence-corrected chi connectivity index (χ1v) is 11.3. The van der Waals surface area contributed by atoms with Crippen molar-refractivity contribution in [1.82, 2.24) is 19.6 Å². The first-order valence-electron chi connectivity index (χ1n) is 11.3. The number of fused-ring (bicyclic) bond motifs is 1. The minimum absolute atomic E-state index is 0.0370. The topological polar surface area (TPSA) is 87.9 Å². The lowest BCUT2D eigenvalue weighted by molar-refractivity contribution is -0.143. The second kappa shape index (κ2) is 8.28. The number of benzene rings is 2. The maximum Gasteiger partial charge on any atom is 0.254 e. The van der Waals surface area contributed by atoms with Gasteiger partial charge in [-0.15, -0.1) is 0 Å². The number of piperazine rings is 1. The summed E-state index contributed by atoms with van der Waals surface area (Å²) in [6, 6.07) is 13.8. The molecule has 33 heavy (non-hydrogen) atoms. The summed E-state index contributed by atoms with van der Waals surface area (Å²) in [5.74, 6) is -0.233. The second-order valence-electron chi connectivity index (χ2n) is 8.93. The van der Waals surface area contributed by atoms with Crippen molar-refractivity contribution >= 4 is 22.7 Å². The molecule has 5 rings (SSSR count). The minimum atomic E-state index is -1.15. The number of carbonyl (C=O) groups excluding carboxylic acids is 2. The number of carbonyl (C=O) groups is 2. The number of aryl methyl sites for hydroxylation is 1. The molecule has 0 radical (unpaired) electrons. The van der Waals surface area contributed by atoms with Crippen molar-refractivity contribution in [3.05, 3.63) is 53.7 Å². The fourth-order valence-corrected chi connectivity index (χ4v) is 4.48. The average Bonchev–Trinajstić information content (AvgIpc) is 3.53. The van der Waals surface area contributed by atoms with E-state index in [0.717, 1.165) is 27.7 Å². The zero-order valence-corrected chi connectivity index (χ0v) is 19.0. The van der Waals surface area contributed by atoms with Crippen molar-refractivity contribution in [2.24, 2.45) is 7.05 Å². The van der Waals surface area contributed by atoms with Crippen LogP contribution in [0, 0.1) is 0 Å². The summed E-state index contributed by atoms with van der Waals surface area (Å²) in [6.07, 6.45) is 1.08. The van der Waals surface area contributed by atoms with Crippen LogP contribution in [0.4, 0.5) is 0 Å². The van der Waals surface area contributed by atoms with Crippen molar-refractivity contribution in [1.29, 1.82) is 0 Å². The first kappa shape index (κ1) is 21.6. The van der Waals surface area contributed by atoms with Crippen LogP contribution in [0.15, 0.2) is 42.5 Å². The Morgan fingerprint density at radius 1 is 1.00 bits per heavy atom. The summed E-state index contributed by atoms with van der Waals surface area (Å²) in [7, 11) is 3.58. The Morgan fingerprint density at radius 2 is 1.64 bits per heavy atom. The molecule has 1 saturated carbocycles. The quantitative estimate of drug-likeness (QED) is 0.647. The van der Waals surface area contributed by atoms with Gasteiger partial charge in [0.15, 0.2) is 0 Å². The predicted molar refractivity (Wildman–Crippen MR) is 124 cm³/mol. The maximum absolute atomic E-state index is 13.0. The monoisotopic (exact) mass is 448 g/mol. The van der Waals surface area contributed by atoms with Crippen LogP contribution >= 0.6 is 0 Å². The molecular formula is C25H28N4O4. The van der Waals surface area contributed by atoms with Crippen LogP contribution in [0.1, 0.15) is 28.9 Å². The Bertz CT molecular complexity index is 1210. The van der Waals surface area contributed by atoms with Crippen LogP contribution < -0.4 is 0 Å². The van der Waals surface area contributed by atoms with Crippen molar-refractivity contribution < 1.29 is 19.4 Å². The van der Waals surface area contributed by atoms with E-state index in [1.54, 1.807) is 16.9 Å². The maximum atomic E-state index is 13.0. The second-order valence-corrected chi connectivity index (χ2v) is 8.93. The van der Waals surface area contributed by atoms with E-state index >= 15 is 0 Å². The number of amides is 2. The van der Waals surface area contributed by atoms with E-state index in [2.05, 4.69) is 23.3 Å². The molecule has 0 spiro atoms. The molecule has 1 N–H and O–H groups in total. The number of ether oxygens (including phenoxy) is 1. The van der Waals surface area contributed by atoms with Crippen molar-refractivity contribution in [3.8, 4) is 11.1 Å². The smallest absolute Gasteiger partial charge is 0.254 e. The van der Waals surface area contributed by atoms with Crippen molar-refractivity contribution in [2.75, 3.05) is 33.3 Å². The van der Waals surface area contributed by atoms with Gasteiger partial charge < -0.3 is 19.6 Å². The standard InChI is InChI=1S/C25H28N4O4/c1-27-22-15-19(7-8-20(22)21(26-27)16-33-2)17-3-5-18(6-4-17)23(30)28-11-13-29(14-12-28)24(31)25(32)9-10-25/h3-8,15,32H,9-14,16H2,1-2H3. The molecule has 2 aromatic carbocycles. The molecular weight excluding hydrogens is 420 g/mol. The first-order chi connectivity index (χ1) is 15.9. The Labute approximate surface area is 192 Å². The van der Waals surface area contributed by atoms with Gasteiger partial charge in [-0.1, -0.05) is 24.3 Å². The van der Waals surface area contributed by atoms with Gasteiger partial charge in [-0.2, -0.15) is 5.10 Å². The van der Waals surface area contributed by atoms with Gasteiger partial charge in [0.2, 0.25) is 0 Å².